The van der Waals surface area contributed by atoms with E-state index in [2.05, 4.69) is 5.32 Å². The van der Waals surface area contributed by atoms with Crippen LogP contribution in [0, 0.1) is 10.1 Å². The smallest absolute Gasteiger partial charge is 0.312 e. The summed E-state index contributed by atoms with van der Waals surface area (Å²) in [5.74, 6) is -1.89. The summed E-state index contributed by atoms with van der Waals surface area (Å²) >= 11 is 0. The minimum absolute atomic E-state index is 0.0683. The molecule has 3 rings (SSSR count). The van der Waals surface area contributed by atoms with E-state index in [0.29, 0.717) is 17.7 Å². The third-order valence-corrected chi connectivity index (χ3v) is 4.57. The van der Waals surface area contributed by atoms with Crippen LogP contribution >= 0.6 is 0 Å². The molecule has 6 heteroatoms. The van der Waals surface area contributed by atoms with Crippen LogP contribution in [-0.4, -0.2) is 16.0 Å². The number of nitrogens with zero attached hydrogens (tertiary/aromatic N) is 1. The van der Waals surface area contributed by atoms with Crippen LogP contribution in [0.4, 0.5) is 5.69 Å². The minimum Gasteiger partial charge on any atom is -0.481 e. The second-order valence-electron chi connectivity index (χ2n) is 6.42. The summed E-state index contributed by atoms with van der Waals surface area (Å²) in [6, 6.07) is 24.0. The van der Waals surface area contributed by atoms with Gasteiger partial charge in [0.2, 0.25) is 0 Å². The van der Waals surface area contributed by atoms with Crippen molar-refractivity contribution in [2.24, 2.45) is 0 Å². The van der Waals surface area contributed by atoms with Crippen LogP contribution in [0.25, 0.3) is 0 Å². The normalized spacial score (nSPS) is 12.9. The first-order valence-electron chi connectivity index (χ1n) is 8.85. The average molecular weight is 376 g/mol. The van der Waals surface area contributed by atoms with E-state index in [1.165, 1.54) is 12.1 Å². The molecule has 0 aliphatic carbocycles. The second-order valence-corrected chi connectivity index (χ2v) is 6.42. The van der Waals surface area contributed by atoms with Gasteiger partial charge in [0.25, 0.3) is 5.69 Å². The van der Waals surface area contributed by atoms with Crippen molar-refractivity contribution in [3.8, 4) is 0 Å². The van der Waals surface area contributed by atoms with Crippen LogP contribution in [0.5, 0.6) is 0 Å². The number of aliphatic carboxylic acids is 1. The van der Waals surface area contributed by atoms with Crippen LogP contribution in [0.3, 0.4) is 0 Å². The highest BCUT2D eigenvalue weighted by molar-refractivity contribution is 5.77. The van der Waals surface area contributed by atoms with Gasteiger partial charge in [-0.15, -0.1) is 0 Å². The van der Waals surface area contributed by atoms with Gasteiger partial charge in [-0.3, -0.25) is 14.9 Å². The zero-order chi connectivity index (χ0) is 19.9. The lowest BCUT2D eigenvalue weighted by atomic mass is 9.86. The lowest BCUT2D eigenvalue weighted by Gasteiger charge is -2.26. The molecule has 0 fully saturated rings. The summed E-state index contributed by atoms with van der Waals surface area (Å²) in [6.07, 6.45) is 0. The molecule has 6 nitrogen and oxygen atoms in total. The highest BCUT2D eigenvalue weighted by Crippen LogP contribution is 2.33. The van der Waals surface area contributed by atoms with Gasteiger partial charge in [-0.05, 0) is 16.7 Å². The standard InChI is InChI=1S/C22H20N2O4/c25-22(26)20(17-10-5-2-6-11-17)21(23-15-16-8-3-1-4-9-16)18-12-7-13-19(14-18)24(27)28/h1-14,20-21,23H,15H2,(H,25,26). The van der Waals surface area contributed by atoms with Crippen molar-refractivity contribution < 1.29 is 14.8 Å². The van der Waals surface area contributed by atoms with Gasteiger partial charge in [0, 0.05) is 18.7 Å². The van der Waals surface area contributed by atoms with Gasteiger partial charge >= 0.3 is 5.97 Å². The van der Waals surface area contributed by atoms with E-state index in [4.69, 9.17) is 0 Å². The Labute approximate surface area is 162 Å². The molecule has 2 atom stereocenters. The Balaban J connectivity index is 2.01. The number of nitro groups is 1. The van der Waals surface area contributed by atoms with Gasteiger partial charge in [0.1, 0.15) is 5.92 Å². The molecule has 0 aliphatic rings. The number of non-ortho nitro benzene ring substituents is 1. The Hall–Kier alpha value is -3.51. The van der Waals surface area contributed by atoms with E-state index in [9.17, 15) is 20.0 Å². The van der Waals surface area contributed by atoms with Crippen molar-refractivity contribution in [1.82, 2.24) is 5.32 Å². The number of benzene rings is 3. The molecule has 2 unspecified atom stereocenters. The van der Waals surface area contributed by atoms with E-state index in [1.54, 1.807) is 36.4 Å². The largest absolute Gasteiger partial charge is 0.481 e. The molecule has 0 spiro atoms. The number of hydrogen-bond acceptors (Lipinski definition) is 4. The van der Waals surface area contributed by atoms with Crippen LogP contribution in [0.15, 0.2) is 84.9 Å². The van der Waals surface area contributed by atoms with Crippen molar-refractivity contribution >= 4 is 11.7 Å². The molecule has 3 aromatic rings. The molecule has 0 aliphatic heterocycles. The Morgan fingerprint density at radius 2 is 1.54 bits per heavy atom. The third-order valence-electron chi connectivity index (χ3n) is 4.57. The monoisotopic (exact) mass is 376 g/mol. The summed E-state index contributed by atoms with van der Waals surface area (Å²) in [5.41, 5.74) is 2.12. The number of nitro benzene ring substituents is 1. The van der Waals surface area contributed by atoms with Crippen LogP contribution in [-0.2, 0) is 11.3 Å². The first kappa shape index (κ1) is 19.3. The predicted molar refractivity (Wildman–Crippen MR) is 106 cm³/mol. The Kier molecular flexibility index (Phi) is 6.14. The number of nitrogens with one attached hydrogen (secondary N) is 1. The molecule has 0 heterocycles. The maximum absolute atomic E-state index is 12.2. The maximum Gasteiger partial charge on any atom is 0.312 e. The molecule has 142 valence electrons. The Morgan fingerprint density at radius 3 is 2.14 bits per heavy atom. The van der Waals surface area contributed by atoms with Gasteiger partial charge in [-0.2, -0.15) is 0 Å². The topological polar surface area (TPSA) is 92.5 Å². The van der Waals surface area contributed by atoms with E-state index in [0.717, 1.165) is 5.56 Å². The highest BCUT2D eigenvalue weighted by atomic mass is 16.6. The van der Waals surface area contributed by atoms with Gasteiger partial charge in [-0.25, -0.2) is 0 Å². The van der Waals surface area contributed by atoms with Crippen LogP contribution in [0.1, 0.15) is 28.7 Å². The third kappa shape index (κ3) is 4.61. The molecule has 2 N–H and O–H groups in total. The minimum atomic E-state index is -0.997. The molecule has 28 heavy (non-hydrogen) atoms. The molecule has 0 amide bonds. The van der Waals surface area contributed by atoms with Crippen molar-refractivity contribution in [3.63, 3.8) is 0 Å². The first-order valence-corrected chi connectivity index (χ1v) is 8.85. The molecular formula is C22H20N2O4. The van der Waals surface area contributed by atoms with Crippen molar-refractivity contribution in [2.45, 2.75) is 18.5 Å². The molecular weight excluding hydrogens is 356 g/mol. The van der Waals surface area contributed by atoms with Gasteiger partial charge in [-0.1, -0.05) is 72.8 Å². The van der Waals surface area contributed by atoms with E-state index < -0.39 is 22.9 Å². The number of carboxylic acid groups (broad SMARTS) is 1. The van der Waals surface area contributed by atoms with Crippen molar-refractivity contribution in [2.75, 3.05) is 0 Å². The molecule has 0 radical (unpaired) electrons. The van der Waals surface area contributed by atoms with Crippen LogP contribution < -0.4 is 5.32 Å². The quantitative estimate of drug-likeness (QED) is 0.452. The van der Waals surface area contributed by atoms with Gasteiger partial charge in [0.15, 0.2) is 0 Å². The summed E-state index contributed by atoms with van der Waals surface area (Å²) in [5, 5.41) is 24.5. The second kappa shape index (κ2) is 8.92. The lowest BCUT2D eigenvalue weighted by molar-refractivity contribution is -0.384. The average Bonchev–Trinajstić information content (AvgIpc) is 2.72. The number of rotatable bonds is 8. The van der Waals surface area contributed by atoms with Gasteiger partial charge in [0.05, 0.1) is 11.0 Å². The summed E-state index contributed by atoms with van der Waals surface area (Å²) in [7, 11) is 0. The SMILES string of the molecule is O=C(O)C(c1ccccc1)C(NCc1ccccc1)c1cccc([N+](=O)[O-])c1. The fourth-order valence-electron chi connectivity index (χ4n) is 3.22. The van der Waals surface area contributed by atoms with E-state index in [1.807, 2.05) is 36.4 Å². The molecule has 0 aromatic heterocycles. The van der Waals surface area contributed by atoms with E-state index >= 15 is 0 Å². The van der Waals surface area contributed by atoms with E-state index in [-0.39, 0.29) is 5.69 Å². The zero-order valence-electron chi connectivity index (χ0n) is 15.1. The summed E-state index contributed by atoms with van der Waals surface area (Å²) in [6.45, 7) is 0.435. The first-order chi connectivity index (χ1) is 13.6. The zero-order valence-corrected chi connectivity index (χ0v) is 15.1. The Morgan fingerprint density at radius 1 is 0.929 bits per heavy atom. The number of carboxylic acids is 1. The van der Waals surface area contributed by atoms with Gasteiger partial charge < -0.3 is 10.4 Å². The fraction of sp³-hybridized carbons (Fsp3) is 0.136. The molecule has 0 saturated carbocycles. The molecule has 0 bridgehead atoms. The lowest BCUT2D eigenvalue weighted by Crippen LogP contribution is -2.31. The number of hydrogen-bond donors (Lipinski definition) is 2. The summed E-state index contributed by atoms with van der Waals surface area (Å²) < 4.78 is 0. The predicted octanol–water partition coefficient (Wildman–Crippen LogP) is 4.29. The maximum atomic E-state index is 12.2. The molecule has 3 aromatic carbocycles. The van der Waals surface area contributed by atoms with Crippen molar-refractivity contribution in [1.29, 1.82) is 0 Å². The summed E-state index contributed by atoms with van der Waals surface area (Å²) in [4.78, 5) is 22.9. The fourth-order valence-corrected chi connectivity index (χ4v) is 3.22. The van der Waals surface area contributed by atoms with Crippen LogP contribution in [0.2, 0.25) is 0 Å². The highest BCUT2D eigenvalue weighted by Gasteiger charge is 2.31. The van der Waals surface area contributed by atoms with Crippen molar-refractivity contribution in [3.05, 3.63) is 112 Å². The molecule has 0 saturated heterocycles. The number of carbonyl (C=O) groups is 1. The Bertz CT molecular complexity index is 945.